The van der Waals surface area contributed by atoms with E-state index in [-0.39, 0.29) is 11.8 Å². The minimum atomic E-state index is -0.121. The lowest BCUT2D eigenvalue weighted by atomic mass is 10.1. The summed E-state index contributed by atoms with van der Waals surface area (Å²) in [5.41, 5.74) is 1.30. The van der Waals surface area contributed by atoms with Crippen molar-refractivity contribution in [2.45, 2.75) is 25.8 Å². The highest BCUT2D eigenvalue weighted by Gasteiger charge is 2.15. The summed E-state index contributed by atoms with van der Waals surface area (Å²) in [4.78, 5) is 22.8. The second-order valence-corrected chi connectivity index (χ2v) is 4.76. The van der Waals surface area contributed by atoms with Crippen molar-refractivity contribution in [3.8, 4) is 0 Å². The number of nitrogens with one attached hydrogen (secondary N) is 3. The average Bonchev–Trinajstić information content (AvgIpc) is 2.89. The topological polar surface area (TPSA) is 70.2 Å². The quantitative estimate of drug-likeness (QED) is 0.761. The van der Waals surface area contributed by atoms with Crippen LogP contribution in [0.25, 0.3) is 0 Å². The van der Waals surface area contributed by atoms with Crippen molar-refractivity contribution in [1.82, 2.24) is 10.6 Å². The van der Waals surface area contributed by atoms with Gasteiger partial charge in [-0.15, -0.1) is 0 Å². The molecule has 0 bridgehead atoms. The summed E-state index contributed by atoms with van der Waals surface area (Å²) in [5.74, 6) is -0.201. The molecule has 1 aromatic rings. The van der Waals surface area contributed by atoms with E-state index >= 15 is 0 Å². The predicted molar refractivity (Wildman–Crippen MR) is 74.1 cm³/mol. The number of hydrogen-bond acceptors (Lipinski definition) is 3. The highest BCUT2D eigenvalue weighted by molar-refractivity contribution is 5.95. The number of anilines is 1. The largest absolute Gasteiger partial charge is 0.350 e. The monoisotopic (exact) mass is 261 g/mol. The van der Waals surface area contributed by atoms with Crippen molar-refractivity contribution in [2.75, 3.05) is 18.4 Å². The molecule has 2 amide bonds. The van der Waals surface area contributed by atoms with Crippen molar-refractivity contribution in [3.05, 3.63) is 29.8 Å². The number of carbonyl (C=O) groups is 2. The molecule has 1 unspecified atom stereocenters. The number of benzene rings is 1. The van der Waals surface area contributed by atoms with Gasteiger partial charge in [0.15, 0.2) is 0 Å². The van der Waals surface area contributed by atoms with Crippen LogP contribution in [0.2, 0.25) is 0 Å². The fourth-order valence-corrected chi connectivity index (χ4v) is 2.16. The van der Waals surface area contributed by atoms with Crippen LogP contribution in [0.3, 0.4) is 0 Å². The predicted octanol–water partition coefficient (Wildman–Crippen LogP) is 1.13. The summed E-state index contributed by atoms with van der Waals surface area (Å²) in [6.07, 6.45) is 2.29. The molecule has 0 aromatic heterocycles. The molecule has 1 saturated heterocycles. The van der Waals surface area contributed by atoms with Gasteiger partial charge in [0.1, 0.15) is 0 Å². The van der Waals surface area contributed by atoms with Gasteiger partial charge in [0, 0.05) is 30.8 Å². The smallest absolute Gasteiger partial charge is 0.251 e. The SMILES string of the molecule is CC(=O)Nc1ccc(C(=O)NCC2CCCN2)cc1. The molecule has 1 aliphatic rings. The van der Waals surface area contributed by atoms with Gasteiger partial charge in [-0.1, -0.05) is 0 Å². The van der Waals surface area contributed by atoms with Crippen LogP contribution in [0.1, 0.15) is 30.1 Å². The fraction of sp³-hybridized carbons (Fsp3) is 0.429. The van der Waals surface area contributed by atoms with E-state index in [1.807, 2.05) is 0 Å². The molecule has 1 atom stereocenters. The molecule has 1 fully saturated rings. The maximum absolute atomic E-state index is 11.9. The Hall–Kier alpha value is -1.88. The second kappa shape index (κ2) is 6.33. The molecular weight excluding hydrogens is 242 g/mol. The number of amides is 2. The second-order valence-electron chi connectivity index (χ2n) is 4.76. The van der Waals surface area contributed by atoms with Crippen LogP contribution in [0.4, 0.5) is 5.69 Å². The molecule has 5 nitrogen and oxygen atoms in total. The lowest BCUT2D eigenvalue weighted by Gasteiger charge is -2.11. The van der Waals surface area contributed by atoms with Crippen LogP contribution in [0, 0.1) is 0 Å². The first-order valence-electron chi connectivity index (χ1n) is 6.54. The summed E-state index contributed by atoms with van der Waals surface area (Å²) < 4.78 is 0. The third kappa shape index (κ3) is 4.06. The zero-order valence-electron chi connectivity index (χ0n) is 11.0. The minimum Gasteiger partial charge on any atom is -0.350 e. The van der Waals surface area contributed by atoms with E-state index in [1.54, 1.807) is 24.3 Å². The number of rotatable bonds is 4. The molecule has 3 N–H and O–H groups in total. The Morgan fingerprint density at radius 1 is 1.32 bits per heavy atom. The number of carbonyl (C=O) groups excluding carboxylic acids is 2. The van der Waals surface area contributed by atoms with E-state index in [2.05, 4.69) is 16.0 Å². The Balaban J connectivity index is 1.86. The standard InChI is InChI=1S/C14H19N3O2/c1-10(18)17-12-6-4-11(5-7-12)14(19)16-9-13-3-2-8-15-13/h4-7,13,15H,2-3,8-9H2,1H3,(H,16,19)(H,17,18). The van der Waals surface area contributed by atoms with E-state index in [0.717, 1.165) is 13.0 Å². The lowest BCUT2D eigenvalue weighted by Crippen LogP contribution is -2.37. The van der Waals surface area contributed by atoms with Gasteiger partial charge < -0.3 is 16.0 Å². The third-order valence-corrected chi connectivity index (χ3v) is 3.14. The van der Waals surface area contributed by atoms with Gasteiger partial charge in [-0.25, -0.2) is 0 Å². The molecule has 0 saturated carbocycles. The molecule has 0 radical (unpaired) electrons. The van der Waals surface area contributed by atoms with Crippen LogP contribution in [0.15, 0.2) is 24.3 Å². The van der Waals surface area contributed by atoms with Gasteiger partial charge in [-0.2, -0.15) is 0 Å². The lowest BCUT2D eigenvalue weighted by molar-refractivity contribution is -0.114. The van der Waals surface area contributed by atoms with E-state index in [4.69, 9.17) is 0 Å². The first-order chi connectivity index (χ1) is 9.15. The molecule has 1 aliphatic heterocycles. The van der Waals surface area contributed by atoms with Crippen LogP contribution in [-0.2, 0) is 4.79 Å². The van der Waals surface area contributed by atoms with Gasteiger partial charge >= 0.3 is 0 Å². The first kappa shape index (κ1) is 13.5. The van der Waals surface area contributed by atoms with E-state index in [1.165, 1.54) is 13.3 Å². The van der Waals surface area contributed by atoms with Crippen LogP contribution >= 0.6 is 0 Å². The van der Waals surface area contributed by atoms with Crippen molar-refractivity contribution in [1.29, 1.82) is 0 Å². The molecule has 1 heterocycles. The molecule has 0 aliphatic carbocycles. The van der Waals surface area contributed by atoms with Crippen molar-refractivity contribution < 1.29 is 9.59 Å². The normalized spacial score (nSPS) is 18.1. The van der Waals surface area contributed by atoms with Gasteiger partial charge in [-0.05, 0) is 43.7 Å². The molecular formula is C14H19N3O2. The van der Waals surface area contributed by atoms with Crippen molar-refractivity contribution in [3.63, 3.8) is 0 Å². The Labute approximate surface area is 112 Å². The summed E-state index contributed by atoms with van der Waals surface area (Å²) in [6, 6.07) is 7.27. The van der Waals surface area contributed by atoms with E-state index in [0.29, 0.717) is 23.8 Å². The Bertz CT molecular complexity index is 450. The summed E-state index contributed by atoms with van der Waals surface area (Å²) in [6.45, 7) is 3.15. The Morgan fingerprint density at radius 3 is 2.63 bits per heavy atom. The van der Waals surface area contributed by atoms with Crippen molar-refractivity contribution >= 4 is 17.5 Å². The van der Waals surface area contributed by atoms with Gasteiger partial charge in [0.25, 0.3) is 5.91 Å². The maximum atomic E-state index is 11.9. The van der Waals surface area contributed by atoms with Crippen molar-refractivity contribution in [2.24, 2.45) is 0 Å². The summed E-state index contributed by atoms with van der Waals surface area (Å²) >= 11 is 0. The molecule has 0 spiro atoms. The maximum Gasteiger partial charge on any atom is 0.251 e. The van der Waals surface area contributed by atoms with Gasteiger partial charge in [0.2, 0.25) is 5.91 Å². The zero-order valence-corrected chi connectivity index (χ0v) is 11.0. The molecule has 2 rings (SSSR count). The Kier molecular flexibility index (Phi) is 4.52. The third-order valence-electron chi connectivity index (χ3n) is 3.14. The Morgan fingerprint density at radius 2 is 2.05 bits per heavy atom. The van der Waals surface area contributed by atoms with E-state index < -0.39 is 0 Å². The molecule has 5 heteroatoms. The van der Waals surface area contributed by atoms with Crippen LogP contribution < -0.4 is 16.0 Å². The zero-order chi connectivity index (χ0) is 13.7. The highest BCUT2D eigenvalue weighted by atomic mass is 16.2. The fourth-order valence-electron chi connectivity index (χ4n) is 2.16. The minimum absolute atomic E-state index is 0.0805. The van der Waals surface area contributed by atoms with Crippen LogP contribution in [0.5, 0.6) is 0 Å². The summed E-state index contributed by atoms with van der Waals surface area (Å²) in [7, 11) is 0. The van der Waals surface area contributed by atoms with Gasteiger partial charge in [-0.3, -0.25) is 9.59 Å². The van der Waals surface area contributed by atoms with Gasteiger partial charge in [0.05, 0.1) is 0 Å². The van der Waals surface area contributed by atoms with E-state index in [9.17, 15) is 9.59 Å². The molecule has 1 aromatic carbocycles. The first-order valence-corrected chi connectivity index (χ1v) is 6.54. The summed E-state index contributed by atoms with van der Waals surface area (Å²) in [5, 5.41) is 8.91. The average molecular weight is 261 g/mol. The molecule has 19 heavy (non-hydrogen) atoms. The van der Waals surface area contributed by atoms with Crippen LogP contribution in [-0.4, -0.2) is 30.9 Å². The highest BCUT2D eigenvalue weighted by Crippen LogP contribution is 2.10. The number of hydrogen-bond donors (Lipinski definition) is 3. The molecule has 102 valence electrons.